The molecule has 0 spiro atoms. The van der Waals surface area contributed by atoms with Crippen LogP contribution in [0.2, 0.25) is 0 Å². The van der Waals surface area contributed by atoms with E-state index < -0.39 is 11.6 Å². The molecule has 0 saturated carbocycles. The normalized spacial score (nSPS) is 17.3. The molecule has 20 heavy (non-hydrogen) atoms. The van der Waals surface area contributed by atoms with Gasteiger partial charge >= 0.3 is 6.03 Å². The summed E-state index contributed by atoms with van der Waals surface area (Å²) < 4.78 is 0. The van der Waals surface area contributed by atoms with Gasteiger partial charge < -0.3 is 15.3 Å². The van der Waals surface area contributed by atoms with Gasteiger partial charge in [0.2, 0.25) is 5.91 Å². The molecule has 0 atom stereocenters. The molecule has 1 rings (SSSR count). The summed E-state index contributed by atoms with van der Waals surface area (Å²) >= 11 is 0. The van der Waals surface area contributed by atoms with Crippen LogP contribution >= 0.6 is 0 Å². The van der Waals surface area contributed by atoms with Crippen molar-refractivity contribution in [3.05, 3.63) is 0 Å². The minimum Gasteiger partial charge on any atom is -0.396 e. The number of amides is 4. The number of hydrogen-bond acceptors (Lipinski definition) is 4. The van der Waals surface area contributed by atoms with Gasteiger partial charge in [0.1, 0.15) is 5.54 Å². The van der Waals surface area contributed by atoms with Gasteiger partial charge in [0.25, 0.3) is 5.91 Å². The van der Waals surface area contributed by atoms with Crippen molar-refractivity contribution in [1.29, 1.82) is 0 Å². The molecule has 1 aliphatic heterocycles. The first-order chi connectivity index (χ1) is 9.33. The van der Waals surface area contributed by atoms with Crippen LogP contribution in [-0.4, -0.2) is 64.5 Å². The van der Waals surface area contributed by atoms with Crippen LogP contribution < -0.4 is 5.32 Å². The summed E-state index contributed by atoms with van der Waals surface area (Å²) in [6.45, 7) is 6.27. The fourth-order valence-corrected chi connectivity index (χ4v) is 2.11. The summed E-state index contributed by atoms with van der Waals surface area (Å²) in [5, 5.41) is 11.4. The largest absolute Gasteiger partial charge is 0.396 e. The third-order valence-electron chi connectivity index (χ3n) is 3.31. The average molecular weight is 285 g/mol. The Morgan fingerprint density at radius 3 is 2.50 bits per heavy atom. The van der Waals surface area contributed by atoms with E-state index in [4.69, 9.17) is 5.11 Å². The van der Waals surface area contributed by atoms with Crippen LogP contribution in [0.5, 0.6) is 0 Å². The first-order valence-corrected chi connectivity index (χ1v) is 6.86. The number of nitrogens with zero attached hydrogens (tertiary/aromatic N) is 2. The van der Waals surface area contributed by atoms with Crippen LogP contribution in [0.15, 0.2) is 0 Å². The molecule has 1 fully saturated rings. The molecule has 1 saturated heterocycles. The second-order valence-corrected chi connectivity index (χ2v) is 5.31. The molecule has 2 N–H and O–H groups in total. The van der Waals surface area contributed by atoms with Gasteiger partial charge in [0.05, 0.1) is 0 Å². The molecule has 114 valence electrons. The van der Waals surface area contributed by atoms with E-state index in [1.807, 2.05) is 6.92 Å². The zero-order valence-electron chi connectivity index (χ0n) is 12.3. The van der Waals surface area contributed by atoms with Crippen molar-refractivity contribution in [3.63, 3.8) is 0 Å². The maximum atomic E-state index is 12.0. The SMILES string of the molecule is CCN(CCCO)C(=O)CCN1C(=O)NC(C)(C)C1=O. The summed E-state index contributed by atoms with van der Waals surface area (Å²) in [6.07, 6.45) is 0.629. The number of carbonyl (C=O) groups is 3. The quantitative estimate of drug-likeness (QED) is 0.641. The summed E-state index contributed by atoms with van der Waals surface area (Å²) in [5.74, 6) is -0.431. The summed E-state index contributed by atoms with van der Waals surface area (Å²) in [7, 11) is 0. The van der Waals surface area contributed by atoms with Gasteiger partial charge in [-0.3, -0.25) is 14.5 Å². The molecule has 7 heteroatoms. The molecule has 0 aromatic heterocycles. The number of hydrogen-bond donors (Lipinski definition) is 2. The lowest BCUT2D eigenvalue weighted by Crippen LogP contribution is -2.41. The van der Waals surface area contributed by atoms with Crippen LogP contribution in [0.4, 0.5) is 4.79 Å². The van der Waals surface area contributed by atoms with E-state index in [2.05, 4.69) is 5.32 Å². The molecule has 0 unspecified atom stereocenters. The zero-order chi connectivity index (χ0) is 15.3. The molecule has 7 nitrogen and oxygen atoms in total. The number of aliphatic hydroxyl groups excluding tert-OH is 1. The van der Waals surface area contributed by atoms with E-state index >= 15 is 0 Å². The molecule has 1 heterocycles. The fraction of sp³-hybridized carbons (Fsp3) is 0.769. The van der Waals surface area contributed by atoms with E-state index in [-0.39, 0.29) is 31.4 Å². The number of nitrogens with one attached hydrogen (secondary N) is 1. The average Bonchev–Trinajstić information content (AvgIpc) is 2.57. The lowest BCUT2D eigenvalue weighted by Gasteiger charge is -2.22. The van der Waals surface area contributed by atoms with Gasteiger partial charge in [-0.1, -0.05) is 0 Å². The monoisotopic (exact) mass is 285 g/mol. The molecular weight excluding hydrogens is 262 g/mol. The van der Waals surface area contributed by atoms with E-state index in [1.165, 1.54) is 0 Å². The van der Waals surface area contributed by atoms with Crippen LogP contribution in [-0.2, 0) is 9.59 Å². The van der Waals surface area contributed by atoms with Crippen LogP contribution in [0.1, 0.15) is 33.6 Å². The van der Waals surface area contributed by atoms with Crippen molar-refractivity contribution in [1.82, 2.24) is 15.1 Å². The van der Waals surface area contributed by atoms with Crippen molar-refractivity contribution in [2.45, 2.75) is 39.2 Å². The Kier molecular flexibility index (Phi) is 5.50. The first-order valence-electron chi connectivity index (χ1n) is 6.86. The van der Waals surface area contributed by atoms with Crippen LogP contribution in [0.3, 0.4) is 0 Å². The highest BCUT2D eigenvalue weighted by Crippen LogP contribution is 2.16. The highest BCUT2D eigenvalue weighted by molar-refractivity contribution is 6.06. The molecule has 4 amide bonds. The maximum absolute atomic E-state index is 12.0. The van der Waals surface area contributed by atoms with Crippen molar-refractivity contribution < 1.29 is 19.5 Å². The number of imide groups is 1. The number of carbonyl (C=O) groups excluding carboxylic acids is 3. The van der Waals surface area contributed by atoms with Crippen molar-refractivity contribution >= 4 is 17.8 Å². The van der Waals surface area contributed by atoms with Gasteiger partial charge in [-0.25, -0.2) is 4.79 Å². The van der Waals surface area contributed by atoms with Gasteiger partial charge in [-0.15, -0.1) is 0 Å². The Bertz CT molecular complexity index is 395. The van der Waals surface area contributed by atoms with Crippen molar-refractivity contribution in [2.24, 2.45) is 0 Å². The molecule has 1 aliphatic rings. The van der Waals surface area contributed by atoms with Crippen molar-refractivity contribution in [3.8, 4) is 0 Å². The highest BCUT2D eigenvalue weighted by Gasteiger charge is 2.44. The van der Waals surface area contributed by atoms with E-state index in [1.54, 1.807) is 18.7 Å². The van der Waals surface area contributed by atoms with Crippen LogP contribution in [0, 0.1) is 0 Å². The second-order valence-electron chi connectivity index (χ2n) is 5.31. The van der Waals surface area contributed by atoms with E-state index in [0.717, 1.165) is 4.90 Å². The first kappa shape index (κ1) is 16.4. The predicted molar refractivity (Wildman–Crippen MR) is 72.9 cm³/mol. The third kappa shape index (κ3) is 3.69. The second kappa shape index (κ2) is 6.69. The Morgan fingerprint density at radius 1 is 1.40 bits per heavy atom. The smallest absolute Gasteiger partial charge is 0.325 e. The molecule has 0 radical (unpaired) electrons. The van der Waals surface area contributed by atoms with Gasteiger partial charge in [-0.05, 0) is 27.2 Å². The lowest BCUT2D eigenvalue weighted by molar-refractivity contribution is -0.133. The Labute approximate surface area is 118 Å². The Balaban J connectivity index is 2.52. The van der Waals surface area contributed by atoms with Crippen molar-refractivity contribution in [2.75, 3.05) is 26.2 Å². The third-order valence-corrected chi connectivity index (χ3v) is 3.31. The molecule has 0 bridgehead atoms. The number of rotatable bonds is 7. The summed E-state index contributed by atoms with van der Waals surface area (Å²) in [4.78, 5) is 38.3. The Hall–Kier alpha value is -1.63. The van der Waals surface area contributed by atoms with E-state index in [9.17, 15) is 14.4 Å². The molecule has 0 aliphatic carbocycles. The minimum absolute atomic E-state index is 0.0327. The standard InChI is InChI=1S/C13H23N3O4/c1-4-15(7-5-9-17)10(18)6-8-16-11(19)13(2,3)14-12(16)20/h17H,4-9H2,1-3H3,(H,14,20). The van der Waals surface area contributed by atoms with Gasteiger partial charge in [0, 0.05) is 32.7 Å². The summed E-state index contributed by atoms with van der Waals surface area (Å²) in [6, 6.07) is -0.453. The maximum Gasteiger partial charge on any atom is 0.325 e. The number of urea groups is 1. The summed E-state index contributed by atoms with van der Waals surface area (Å²) in [5.41, 5.74) is -0.901. The highest BCUT2D eigenvalue weighted by atomic mass is 16.3. The topological polar surface area (TPSA) is 89.9 Å². The minimum atomic E-state index is -0.901. The predicted octanol–water partition coefficient (Wildman–Crippen LogP) is -0.0622. The Morgan fingerprint density at radius 2 is 2.05 bits per heavy atom. The molecule has 0 aromatic carbocycles. The lowest BCUT2D eigenvalue weighted by atomic mass is 10.1. The fourth-order valence-electron chi connectivity index (χ4n) is 2.11. The zero-order valence-corrected chi connectivity index (χ0v) is 12.3. The van der Waals surface area contributed by atoms with Gasteiger partial charge in [0.15, 0.2) is 0 Å². The molecular formula is C13H23N3O4. The van der Waals surface area contributed by atoms with Crippen LogP contribution in [0.25, 0.3) is 0 Å². The molecule has 0 aromatic rings. The van der Waals surface area contributed by atoms with Gasteiger partial charge in [-0.2, -0.15) is 0 Å². The van der Waals surface area contributed by atoms with E-state index in [0.29, 0.717) is 19.5 Å². The number of aliphatic hydroxyl groups is 1.